The van der Waals surface area contributed by atoms with Crippen LogP contribution >= 0.6 is 23.5 Å². The van der Waals surface area contributed by atoms with Crippen molar-refractivity contribution in [1.29, 1.82) is 5.26 Å². The van der Waals surface area contributed by atoms with Crippen molar-refractivity contribution >= 4 is 39.5 Å². The van der Waals surface area contributed by atoms with E-state index in [-0.39, 0.29) is 11.2 Å². The van der Waals surface area contributed by atoms with Gasteiger partial charge in [-0.1, -0.05) is 35.7 Å². The SMILES string of the molecule is C[C@@H](SC1=NCCS1)C(=O)Nc1ccccc1C#N. The summed E-state index contributed by atoms with van der Waals surface area (Å²) in [5, 5.41) is 11.5. The number of rotatable bonds is 3. The van der Waals surface area contributed by atoms with Gasteiger partial charge in [0.15, 0.2) is 0 Å². The molecule has 19 heavy (non-hydrogen) atoms. The fourth-order valence-electron chi connectivity index (χ4n) is 1.52. The highest BCUT2D eigenvalue weighted by molar-refractivity contribution is 8.39. The zero-order valence-electron chi connectivity index (χ0n) is 10.4. The summed E-state index contributed by atoms with van der Waals surface area (Å²) in [5.74, 6) is 0.886. The molecule has 0 saturated heterocycles. The van der Waals surface area contributed by atoms with E-state index in [0.717, 1.165) is 16.7 Å². The van der Waals surface area contributed by atoms with Crippen molar-refractivity contribution in [3.05, 3.63) is 29.8 Å². The van der Waals surface area contributed by atoms with E-state index >= 15 is 0 Å². The monoisotopic (exact) mass is 291 g/mol. The Hall–Kier alpha value is -1.45. The first-order valence-corrected chi connectivity index (χ1v) is 7.71. The van der Waals surface area contributed by atoms with Crippen LogP contribution in [0.5, 0.6) is 0 Å². The van der Waals surface area contributed by atoms with Gasteiger partial charge in [0.2, 0.25) is 5.91 Å². The smallest absolute Gasteiger partial charge is 0.237 e. The van der Waals surface area contributed by atoms with Crippen molar-refractivity contribution in [2.75, 3.05) is 17.6 Å². The number of thioether (sulfide) groups is 2. The molecule has 0 saturated carbocycles. The fourth-order valence-corrected chi connectivity index (χ4v) is 3.64. The van der Waals surface area contributed by atoms with Crippen LogP contribution in [0.4, 0.5) is 5.69 Å². The lowest BCUT2D eigenvalue weighted by Crippen LogP contribution is -2.23. The first-order chi connectivity index (χ1) is 9.20. The average molecular weight is 291 g/mol. The van der Waals surface area contributed by atoms with Crippen molar-refractivity contribution in [2.45, 2.75) is 12.2 Å². The van der Waals surface area contributed by atoms with E-state index in [0.29, 0.717) is 11.3 Å². The minimum Gasteiger partial charge on any atom is -0.324 e. The van der Waals surface area contributed by atoms with Crippen LogP contribution < -0.4 is 5.32 Å². The standard InChI is InChI=1S/C13H13N3OS2/c1-9(19-13-15-6-7-18-13)12(17)16-11-5-3-2-4-10(11)8-14/h2-5,9H,6-7H2,1H3,(H,16,17)/t9-/m1/s1. The molecule has 0 spiro atoms. The lowest BCUT2D eigenvalue weighted by atomic mass is 10.2. The molecule has 0 radical (unpaired) electrons. The minimum atomic E-state index is -0.226. The Morgan fingerprint density at radius 1 is 1.58 bits per heavy atom. The number of para-hydroxylation sites is 1. The number of amides is 1. The normalized spacial score (nSPS) is 15.5. The maximum Gasteiger partial charge on any atom is 0.237 e. The van der Waals surface area contributed by atoms with Gasteiger partial charge in [0, 0.05) is 5.75 Å². The van der Waals surface area contributed by atoms with E-state index in [1.807, 2.05) is 6.92 Å². The highest BCUT2D eigenvalue weighted by Crippen LogP contribution is 2.26. The van der Waals surface area contributed by atoms with E-state index in [2.05, 4.69) is 16.4 Å². The molecule has 1 heterocycles. The molecule has 1 aliphatic heterocycles. The second-order valence-electron chi connectivity index (χ2n) is 3.90. The van der Waals surface area contributed by atoms with Gasteiger partial charge in [-0.25, -0.2) is 0 Å². The van der Waals surface area contributed by atoms with Crippen molar-refractivity contribution in [1.82, 2.24) is 0 Å². The summed E-state index contributed by atoms with van der Waals surface area (Å²) in [4.78, 5) is 16.4. The number of anilines is 1. The largest absolute Gasteiger partial charge is 0.324 e. The summed E-state index contributed by atoms with van der Waals surface area (Å²) >= 11 is 3.15. The number of hydrogen-bond acceptors (Lipinski definition) is 5. The number of aliphatic imine (C=N–C) groups is 1. The molecule has 1 aromatic carbocycles. The van der Waals surface area contributed by atoms with Gasteiger partial charge in [0.25, 0.3) is 0 Å². The van der Waals surface area contributed by atoms with Crippen LogP contribution in [0.2, 0.25) is 0 Å². The molecule has 0 aliphatic carbocycles. The Balaban J connectivity index is 1.98. The van der Waals surface area contributed by atoms with Crippen LogP contribution in [0, 0.1) is 11.3 Å². The van der Waals surface area contributed by atoms with E-state index in [1.165, 1.54) is 11.8 Å². The van der Waals surface area contributed by atoms with Gasteiger partial charge in [-0.15, -0.1) is 0 Å². The van der Waals surface area contributed by atoms with E-state index in [4.69, 9.17) is 5.26 Å². The highest BCUT2D eigenvalue weighted by Gasteiger charge is 2.19. The summed E-state index contributed by atoms with van der Waals surface area (Å²) in [5.41, 5.74) is 1.03. The molecule has 4 nitrogen and oxygen atoms in total. The number of nitrogens with zero attached hydrogens (tertiary/aromatic N) is 2. The molecular weight excluding hydrogens is 278 g/mol. The molecule has 98 valence electrons. The predicted molar refractivity (Wildman–Crippen MR) is 81.6 cm³/mol. The third kappa shape index (κ3) is 3.75. The highest BCUT2D eigenvalue weighted by atomic mass is 32.2. The first kappa shape index (κ1) is 14.0. The Morgan fingerprint density at radius 2 is 2.37 bits per heavy atom. The van der Waals surface area contributed by atoms with E-state index in [9.17, 15) is 4.79 Å². The Morgan fingerprint density at radius 3 is 3.05 bits per heavy atom. The maximum atomic E-state index is 12.1. The maximum absolute atomic E-state index is 12.1. The summed E-state index contributed by atoms with van der Waals surface area (Å²) < 4.78 is 0.969. The second kappa shape index (κ2) is 6.64. The van der Waals surface area contributed by atoms with Crippen molar-refractivity contribution in [2.24, 2.45) is 4.99 Å². The summed E-state index contributed by atoms with van der Waals surface area (Å²) in [6, 6.07) is 9.05. The Bertz CT molecular complexity index is 551. The molecule has 0 unspecified atom stereocenters. The van der Waals surface area contributed by atoms with Gasteiger partial charge in [-0.2, -0.15) is 5.26 Å². The van der Waals surface area contributed by atoms with E-state index in [1.54, 1.807) is 36.0 Å². The van der Waals surface area contributed by atoms with Crippen LogP contribution in [0.15, 0.2) is 29.3 Å². The van der Waals surface area contributed by atoms with Gasteiger partial charge >= 0.3 is 0 Å². The number of carbonyl (C=O) groups is 1. The second-order valence-corrected chi connectivity index (χ2v) is 6.57. The quantitative estimate of drug-likeness (QED) is 0.930. The van der Waals surface area contributed by atoms with Crippen molar-refractivity contribution < 1.29 is 4.79 Å². The summed E-state index contributed by atoms with van der Waals surface area (Å²) in [7, 11) is 0. The fraction of sp³-hybridized carbons (Fsp3) is 0.308. The lowest BCUT2D eigenvalue weighted by Gasteiger charge is -2.12. The van der Waals surface area contributed by atoms with Crippen LogP contribution in [-0.2, 0) is 4.79 Å². The van der Waals surface area contributed by atoms with Crippen LogP contribution in [0.3, 0.4) is 0 Å². The van der Waals surface area contributed by atoms with Crippen molar-refractivity contribution in [3.8, 4) is 6.07 Å². The van der Waals surface area contributed by atoms with Gasteiger partial charge in [-0.05, 0) is 19.1 Å². The van der Waals surface area contributed by atoms with Crippen LogP contribution in [-0.4, -0.2) is 27.8 Å². The molecule has 1 aromatic rings. The zero-order chi connectivity index (χ0) is 13.7. The third-order valence-corrected chi connectivity index (χ3v) is 4.81. The topological polar surface area (TPSA) is 65.2 Å². The molecule has 0 bridgehead atoms. The molecule has 1 amide bonds. The predicted octanol–water partition coefficient (Wildman–Crippen LogP) is 2.72. The van der Waals surface area contributed by atoms with Crippen LogP contribution in [0.25, 0.3) is 0 Å². The molecule has 2 rings (SSSR count). The van der Waals surface area contributed by atoms with Crippen LogP contribution in [0.1, 0.15) is 12.5 Å². The van der Waals surface area contributed by atoms with Crippen molar-refractivity contribution in [3.63, 3.8) is 0 Å². The molecular formula is C13H13N3OS2. The van der Waals surface area contributed by atoms with Gasteiger partial charge in [0.1, 0.15) is 10.4 Å². The summed E-state index contributed by atoms with van der Waals surface area (Å²) in [6.07, 6.45) is 0. The van der Waals surface area contributed by atoms with Gasteiger partial charge in [-0.3, -0.25) is 9.79 Å². The molecule has 1 N–H and O–H groups in total. The van der Waals surface area contributed by atoms with Gasteiger partial charge < -0.3 is 5.32 Å². The number of nitrogens with one attached hydrogen (secondary N) is 1. The Labute approximate surface area is 120 Å². The van der Waals surface area contributed by atoms with Gasteiger partial charge in [0.05, 0.1) is 23.0 Å². The molecule has 0 fully saturated rings. The Kier molecular flexibility index (Phi) is 4.88. The number of hydrogen-bond donors (Lipinski definition) is 1. The number of benzene rings is 1. The first-order valence-electron chi connectivity index (χ1n) is 5.84. The average Bonchev–Trinajstić information content (AvgIpc) is 2.92. The molecule has 1 atom stereocenters. The molecule has 1 aliphatic rings. The summed E-state index contributed by atoms with van der Waals surface area (Å²) in [6.45, 7) is 2.68. The molecule has 6 heteroatoms. The number of carbonyl (C=O) groups excluding carboxylic acids is 1. The lowest BCUT2D eigenvalue weighted by molar-refractivity contribution is -0.115. The third-order valence-electron chi connectivity index (χ3n) is 2.51. The zero-order valence-corrected chi connectivity index (χ0v) is 12.1. The van der Waals surface area contributed by atoms with E-state index < -0.39 is 0 Å². The minimum absolute atomic E-state index is 0.108. The molecule has 0 aromatic heterocycles. The number of nitriles is 1.